The van der Waals surface area contributed by atoms with E-state index in [0.717, 1.165) is 55.7 Å². The van der Waals surface area contributed by atoms with E-state index in [1.807, 2.05) is 37.4 Å². The molecule has 0 bridgehead atoms. The monoisotopic (exact) mass is 717 g/mol. The fraction of sp³-hybridized carbons (Fsp3) is 0.683. The molecule has 1 unspecified atom stereocenters. The van der Waals surface area contributed by atoms with E-state index in [0.29, 0.717) is 25.9 Å². The maximum absolute atomic E-state index is 14.8. The minimum absolute atomic E-state index is 0.0115. The first-order valence-electron chi connectivity index (χ1n) is 19.6. The average Bonchev–Trinajstić information content (AvgIpc) is 3.90. The van der Waals surface area contributed by atoms with Gasteiger partial charge >= 0.3 is 0 Å². The van der Waals surface area contributed by atoms with Gasteiger partial charge < -0.3 is 30.5 Å². The van der Waals surface area contributed by atoms with E-state index in [4.69, 9.17) is 0 Å². The predicted molar refractivity (Wildman–Crippen MR) is 199 cm³/mol. The van der Waals surface area contributed by atoms with Gasteiger partial charge in [0.15, 0.2) is 5.88 Å². The summed E-state index contributed by atoms with van der Waals surface area (Å²) in [6.45, 7) is 13.1. The molecule has 3 saturated carbocycles. The lowest BCUT2D eigenvalue weighted by atomic mass is 9.77. The first-order chi connectivity index (χ1) is 24.6. The van der Waals surface area contributed by atoms with Crippen LogP contribution < -0.4 is 16.0 Å². The van der Waals surface area contributed by atoms with Gasteiger partial charge in [-0.3, -0.25) is 24.0 Å². The van der Waals surface area contributed by atoms with Crippen LogP contribution >= 0.6 is 0 Å². The average molecular weight is 718 g/mol. The summed E-state index contributed by atoms with van der Waals surface area (Å²) in [6.07, 6.45) is 9.33. The van der Waals surface area contributed by atoms with Crippen molar-refractivity contribution in [3.05, 3.63) is 30.5 Å². The maximum Gasteiger partial charge on any atom is 0.289 e. The Hall–Kier alpha value is -3.89. The Kier molecular flexibility index (Phi) is 10.8. The van der Waals surface area contributed by atoms with Gasteiger partial charge in [-0.15, -0.1) is 0 Å². The molecule has 0 spiro atoms. The number of aromatic hydroxyl groups is 1. The smallest absolute Gasteiger partial charge is 0.289 e. The molecule has 6 rings (SSSR count). The molecule has 284 valence electrons. The third kappa shape index (κ3) is 7.88. The minimum Gasteiger partial charge on any atom is -0.494 e. The van der Waals surface area contributed by atoms with Crippen molar-refractivity contribution in [3.8, 4) is 5.88 Å². The van der Waals surface area contributed by atoms with Crippen LogP contribution in [0.1, 0.15) is 106 Å². The Morgan fingerprint density at radius 3 is 2.31 bits per heavy atom. The Morgan fingerprint density at radius 1 is 0.981 bits per heavy atom. The van der Waals surface area contributed by atoms with Crippen LogP contribution in [-0.4, -0.2) is 74.7 Å². The van der Waals surface area contributed by atoms with Crippen LogP contribution in [0.15, 0.2) is 30.5 Å². The lowest BCUT2D eigenvalue weighted by Gasteiger charge is -2.37. The Balaban J connectivity index is 1.20. The lowest BCUT2D eigenvalue weighted by Crippen LogP contribution is -2.56. The molecule has 4 amide bonds. The van der Waals surface area contributed by atoms with Gasteiger partial charge in [-0.1, -0.05) is 85.4 Å². The number of nitrogens with zero attached hydrogens (tertiary/aromatic N) is 2. The first-order valence-corrected chi connectivity index (χ1v) is 19.6. The van der Waals surface area contributed by atoms with Crippen LogP contribution in [0.4, 0.5) is 0 Å². The second kappa shape index (κ2) is 14.9. The quantitative estimate of drug-likeness (QED) is 0.200. The van der Waals surface area contributed by atoms with E-state index in [-0.39, 0.29) is 64.8 Å². The van der Waals surface area contributed by atoms with E-state index in [1.54, 1.807) is 9.47 Å². The molecule has 1 aromatic carbocycles. The normalized spacial score (nSPS) is 24.4. The summed E-state index contributed by atoms with van der Waals surface area (Å²) in [5.74, 6) is -2.43. The molecule has 1 aliphatic heterocycles. The molecule has 4 N–H and O–H groups in total. The fourth-order valence-corrected chi connectivity index (χ4v) is 9.00. The number of Topliss-reactive ketones (excluding diaryl/α,β-unsaturated/α-hetero) is 1. The Labute approximate surface area is 308 Å². The van der Waals surface area contributed by atoms with Crippen LogP contribution in [0.3, 0.4) is 0 Å². The van der Waals surface area contributed by atoms with Crippen molar-refractivity contribution in [1.82, 2.24) is 25.4 Å². The summed E-state index contributed by atoms with van der Waals surface area (Å²) in [5, 5.41) is 21.6. The third-order valence-electron chi connectivity index (χ3n) is 12.6. The largest absolute Gasteiger partial charge is 0.494 e. The van der Waals surface area contributed by atoms with Crippen molar-refractivity contribution in [2.24, 2.45) is 34.5 Å². The first kappa shape index (κ1) is 37.9. The second-order valence-corrected chi connectivity index (χ2v) is 17.7. The van der Waals surface area contributed by atoms with Crippen molar-refractivity contribution in [2.75, 3.05) is 6.54 Å². The number of carbonyl (C=O) groups excluding carboxylic acids is 5. The van der Waals surface area contributed by atoms with Gasteiger partial charge in [0.25, 0.3) is 5.91 Å². The third-order valence-corrected chi connectivity index (χ3v) is 12.6. The van der Waals surface area contributed by atoms with E-state index in [9.17, 15) is 29.1 Å². The number of hydrogen-bond donors (Lipinski definition) is 4. The number of benzene rings is 1. The summed E-state index contributed by atoms with van der Waals surface area (Å²) in [7, 11) is 0. The number of carbonyl (C=O) groups is 5. The highest BCUT2D eigenvalue weighted by molar-refractivity contribution is 6.38. The molecular formula is C41H59N5O6. The number of piperidine rings is 1. The van der Waals surface area contributed by atoms with Gasteiger partial charge in [0, 0.05) is 48.4 Å². The van der Waals surface area contributed by atoms with E-state index in [1.165, 1.54) is 0 Å². The van der Waals surface area contributed by atoms with Crippen molar-refractivity contribution in [2.45, 2.75) is 136 Å². The highest BCUT2D eigenvalue weighted by Crippen LogP contribution is 2.65. The van der Waals surface area contributed by atoms with Crippen LogP contribution in [0.5, 0.6) is 5.88 Å². The molecule has 0 radical (unpaired) electrons. The van der Waals surface area contributed by atoms with Crippen LogP contribution in [0, 0.1) is 34.5 Å². The zero-order chi connectivity index (χ0) is 37.5. The SMILES string of the molecule is CCCC(NC(=O)[C@@H]1[C@@H]2[C@H](CN1C(=O)[C@@H](CC(=O)N[C@H](Cn1cc3ccccc3c1O)C(C)(C)C)C1CCCCC1)C2(C)C)C(=O)C(=O)NC1CC1. The van der Waals surface area contributed by atoms with Crippen molar-refractivity contribution in [3.63, 3.8) is 0 Å². The summed E-state index contributed by atoms with van der Waals surface area (Å²) in [5.41, 5.74) is -0.491. The number of hydrogen-bond acceptors (Lipinski definition) is 6. The zero-order valence-electron chi connectivity index (χ0n) is 31.9. The maximum atomic E-state index is 14.8. The topological polar surface area (TPSA) is 150 Å². The molecule has 2 heterocycles. The number of nitrogens with one attached hydrogen (secondary N) is 3. The highest BCUT2D eigenvalue weighted by atomic mass is 16.3. The van der Waals surface area contributed by atoms with E-state index < -0.39 is 35.6 Å². The Bertz CT molecular complexity index is 1680. The van der Waals surface area contributed by atoms with Gasteiger partial charge in [0.2, 0.25) is 23.5 Å². The van der Waals surface area contributed by atoms with Crippen molar-refractivity contribution in [1.29, 1.82) is 0 Å². The molecule has 1 aromatic heterocycles. The number of ketones is 1. The number of rotatable bonds is 14. The van der Waals surface area contributed by atoms with Gasteiger partial charge in [0.1, 0.15) is 6.04 Å². The van der Waals surface area contributed by atoms with Gasteiger partial charge in [-0.05, 0) is 66.8 Å². The molecule has 3 aliphatic carbocycles. The Morgan fingerprint density at radius 2 is 1.67 bits per heavy atom. The molecule has 1 saturated heterocycles. The second-order valence-electron chi connectivity index (χ2n) is 17.7. The van der Waals surface area contributed by atoms with E-state index >= 15 is 0 Å². The number of fused-ring (bicyclic) bond motifs is 2. The van der Waals surface area contributed by atoms with Crippen LogP contribution in [0.2, 0.25) is 0 Å². The highest BCUT2D eigenvalue weighted by Gasteiger charge is 2.69. The molecule has 4 fully saturated rings. The number of aromatic nitrogens is 1. The molecule has 52 heavy (non-hydrogen) atoms. The lowest BCUT2D eigenvalue weighted by molar-refractivity contribution is -0.148. The van der Waals surface area contributed by atoms with Crippen LogP contribution in [0.25, 0.3) is 10.8 Å². The number of likely N-dealkylation sites (tertiary alicyclic amines) is 1. The summed E-state index contributed by atoms with van der Waals surface area (Å²) < 4.78 is 1.78. The van der Waals surface area contributed by atoms with Crippen molar-refractivity contribution < 1.29 is 29.1 Å². The summed E-state index contributed by atoms with van der Waals surface area (Å²) >= 11 is 0. The summed E-state index contributed by atoms with van der Waals surface area (Å²) in [6, 6.07) is 5.59. The standard InChI is InChI=1S/C41H59N5O6/c1-7-13-30(35(48)37(50)42-26-18-19-26)43-36(49)34-33-29(41(33,5)6)22-46(34)39(52)28(24-14-9-8-10-15-24)20-32(47)44-31(40(2,3)4)23-45-21-25-16-11-12-17-27(25)38(45)51/h11-12,16-17,21,24,26,28-31,33-34,51H,7-10,13-15,18-20,22-23H2,1-6H3,(H,42,50)(H,43,49)(H,44,47)/t28-,29-,30?,31+,33-,34-/m0/s1. The van der Waals surface area contributed by atoms with Crippen LogP contribution in [-0.2, 0) is 30.5 Å². The van der Waals surface area contributed by atoms with E-state index in [2.05, 4.69) is 50.6 Å². The predicted octanol–water partition coefficient (Wildman–Crippen LogP) is 5.08. The summed E-state index contributed by atoms with van der Waals surface area (Å²) in [4.78, 5) is 70.6. The van der Waals surface area contributed by atoms with Gasteiger partial charge in [-0.2, -0.15) is 0 Å². The molecule has 2 aromatic rings. The van der Waals surface area contributed by atoms with Crippen molar-refractivity contribution >= 4 is 40.2 Å². The zero-order valence-corrected chi connectivity index (χ0v) is 31.9. The van der Waals surface area contributed by atoms with Gasteiger partial charge in [0.05, 0.1) is 12.1 Å². The van der Waals surface area contributed by atoms with Gasteiger partial charge in [-0.25, -0.2) is 0 Å². The fourth-order valence-electron chi connectivity index (χ4n) is 9.00. The molecule has 11 nitrogen and oxygen atoms in total. The molecule has 6 atom stereocenters. The molecular weight excluding hydrogens is 658 g/mol. The molecule has 4 aliphatic rings. The molecule has 11 heteroatoms. The number of amides is 4. The minimum atomic E-state index is -0.958.